The Morgan fingerprint density at radius 3 is 2.43 bits per heavy atom. The Hall–Kier alpha value is -6.14. The average molecular weight is 805 g/mol. The first kappa shape index (κ1) is 40.1. The van der Waals surface area contributed by atoms with Gasteiger partial charge in [0.2, 0.25) is 5.91 Å². The van der Waals surface area contributed by atoms with Gasteiger partial charge in [-0.15, -0.1) is 5.10 Å². The van der Waals surface area contributed by atoms with Crippen LogP contribution in [-0.2, 0) is 9.59 Å². The summed E-state index contributed by atoms with van der Waals surface area (Å²) in [5.41, 5.74) is 2.31. The molecule has 3 aliphatic rings. The second-order valence-corrected chi connectivity index (χ2v) is 16.8. The Bertz CT molecular complexity index is 2410. The molecule has 1 aromatic heterocycles. The smallest absolute Gasteiger partial charge is 0.278 e. The van der Waals surface area contributed by atoms with Crippen molar-refractivity contribution in [1.82, 2.24) is 25.6 Å². The number of fused-ring (bicyclic) bond motifs is 1. The van der Waals surface area contributed by atoms with Crippen LogP contribution in [0.5, 0.6) is 5.75 Å². The van der Waals surface area contributed by atoms with Crippen LogP contribution in [0, 0.1) is 28.1 Å². The zero-order chi connectivity index (χ0) is 41.4. The molecule has 1 saturated carbocycles. The van der Waals surface area contributed by atoms with Crippen molar-refractivity contribution in [1.29, 1.82) is 5.26 Å². The fourth-order valence-corrected chi connectivity index (χ4v) is 9.06. The van der Waals surface area contributed by atoms with Crippen LogP contribution < -0.4 is 31.7 Å². The van der Waals surface area contributed by atoms with Gasteiger partial charge in [-0.05, 0) is 86.2 Å². The van der Waals surface area contributed by atoms with Gasteiger partial charge in [0.15, 0.2) is 0 Å². The van der Waals surface area contributed by atoms with Gasteiger partial charge in [0.1, 0.15) is 29.5 Å². The van der Waals surface area contributed by atoms with Crippen LogP contribution >= 0.6 is 11.6 Å². The van der Waals surface area contributed by atoms with Crippen molar-refractivity contribution in [3.8, 4) is 11.8 Å². The predicted octanol–water partition coefficient (Wildman–Crippen LogP) is 5.23. The molecule has 16 heteroatoms. The third-order valence-corrected chi connectivity index (χ3v) is 12.1. The summed E-state index contributed by atoms with van der Waals surface area (Å²) in [5.74, 6) is 5.56. The molecule has 2 aliphatic heterocycles. The van der Waals surface area contributed by atoms with E-state index < -0.39 is 28.3 Å². The number of hydrazone groups is 1. The standard InChI is InChI=1S/C42H45ClN10O5/c1-41(2)39(42(3,4)40(41)58-30-11-7-26(22-44)32(43)21-30)48-36(55)25-5-8-27(9-6-25)46-23-28(49-45)19-24-15-17-52(18-16-24)29-10-12-33-31(20-29)38(57)53(51-50-33)34-13-14-35(54)47-37(34)56/h5-12,20-21,23-24,34,39-40H,13-19,45H2,1-4H3,(H,48,55)(H,47,54,56). The highest BCUT2D eigenvalue weighted by atomic mass is 35.5. The number of hydrogen-bond acceptors (Lipinski definition) is 12. The topological polar surface area (TPSA) is 210 Å². The van der Waals surface area contributed by atoms with E-state index in [1.54, 1.807) is 60.8 Å². The Morgan fingerprint density at radius 1 is 1.05 bits per heavy atom. The SMILES string of the molecule is CC1(C)C(NC(=O)c2ccc(N=CC(CC3CCN(c4ccc5nnn(C6CCC(=O)NC6=O)c(=O)c5c4)CC3)=NN)cc2)C(C)(C)C1Oc1ccc(C#N)c(Cl)c1. The summed E-state index contributed by atoms with van der Waals surface area (Å²) >= 11 is 6.23. The van der Waals surface area contributed by atoms with Crippen LogP contribution in [-0.4, -0.2) is 69.9 Å². The van der Waals surface area contributed by atoms with E-state index in [4.69, 9.17) is 22.2 Å². The monoisotopic (exact) mass is 804 g/mol. The first-order valence-corrected chi connectivity index (χ1v) is 19.6. The quantitative estimate of drug-likeness (QED) is 0.0823. The molecule has 2 saturated heterocycles. The fourth-order valence-electron chi connectivity index (χ4n) is 8.85. The van der Waals surface area contributed by atoms with Gasteiger partial charge >= 0.3 is 0 Å². The van der Waals surface area contributed by atoms with Crippen LogP contribution in [0.15, 0.2) is 75.6 Å². The summed E-state index contributed by atoms with van der Waals surface area (Å²) in [6, 6.07) is 18.5. The normalized spacial score (nSPS) is 22.0. The summed E-state index contributed by atoms with van der Waals surface area (Å²) in [4.78, 5) is 57.6. The third kappa shape index (κ3) is 7.89. The van der Waals surface area contributed by atoms with Crippen LogP contribution in [0.4, 0.5) is 11.4 Å². The number of ether oxygens (including phenoxy) is 1. The first-order valence-electron chi connectivity index (χ1n) is 19.3. The number of nitrogens with two attached hydrogens (primary N) is 1. The predicted molar refractivity (Wildman–Crippen MR) is 220 cm³/mol. The summed E-state index contributed by atoms with van der Waals surface area (Å²) < 4.78 is 7.42. The second kappa shape index (κ2) is 16.0. The number of piperidine rings is 2. The van der Waals surface area contributed by atoms with Gasteiger partial charge in [-0.3, -0.25) is 29.5 Å². The molecule has 3 fully saturated rings. The maximum Gasteiger partial charge on any atom is 0.278 e. The number of nitrogens with zero attached hydrogens (tertiary/aromatic N) is 7. The molecular weight excluding hydrogens is 760 g/mol. The van der Waals surface area contributed by atoms with E-state index in [0.29, 0.717) is 56.5 Å². The molecule has 0 bridgehead atoms. The summed E-state index contributed by atoms with van der Waals surface area (Å²) in [6.45, 7) is 9.75. The van der Waals surface area contributed by atoms with E-state index in [1.165, 1.54) is 0 Å². The van der Waals surface area contributed by atoms with Gasteiger partial charge in [-0.25, -0.2) is 0 Å². The number of imide groups is 1. The molecule has 15 nitrogen and oxygen atoms in total. The highest BCUT2D eigenvalue weighted by Crippen LogP contribution is 2.55. The first-order chi connectivity index (χ1) is 27.7. The van der Waals surface area contributed by atoms with Gasteiger partial charge in [0, 0.05) is 53.7 Å². The maximum absolute atomic E-state index is 13.4. The van der Waals surface area contributed by atoms with Gasteiger partial charge in [0.05, 0.1) is 33.6 Å². The zero-order valence-corrected chi connectivity index (χ0v) is 33.5. The summed E-state index contributed by atoms with van der Waals surface area (Å²) in [6.07, 6.45) is 4.16. The van der Waals surface area contributed by atoms with E-state index in [9.17, 15) is 24.4 Å². The van der Waals surface area contributed by atoms with Crippen molar-refractivity contribution in [2.45, 2.75) is 78.0 Å². The Labute approximate surface area is 340 Å². The van der Waals surface area contributed by atoms with E-state index in [1.807, 2.05) is 6.07 Å². The molecule has 300 valence electrons. The van der Waals surface area contributed by atoms with Crippen LogP contribution in [0.3, 0.4) is 0 Å². The highest BCUT2D eigenvalue weighted by molar-refractivity contribution is 6.32. The highest BCUT2D eigenvalue weighted by Gasteiger charge is 2.64. The number of benzene rings is 3. The molecule has 1 aliphatic carbocycles. The largest absolute Gasteiger partial charge is 0.489 e. The number of rotatable bonds is 10. The molecule has 1 unspecified atom stereocenters. The Balaban J connectivity index is 0.915. The number of amides is 3. The van der Waals surface area contributed by atoms with Gasteiger partial charge in [0.25, 0.3) is 17.4 Å². The summed E-state index contributed by atoms with van der Waals surface area (Å²) in [7, 11) is 0. The van der Waals surface area contributed by atoms with Crippen LogP contribution in [0.2, 0.25) is 5.02 Å². The number of halogens is 1. The number of nitriles is 1. The van der Waals surface area contributed by atoms with Gasteiger partial charge in [-0.2, -0.15) is 15.0 Å². The Morgan fingerprint density at radius 2 is 1.78 bits per heavy atom. The molecule has 58 heavy (non-hydrogen) atoms. The maximum atomic E-state index is 13.4. The molecule has 0 radical (unpaired) electrons. The lowest BCUT2D eigenvalue weighted by Gasteiger charge is -2.63. The van der Waals surface area contributed by atoms with Crippen LogP contribution in [0.1, 0.15) is 81.8 Å². The minimum Gasteiger partial charge on any atom is -0.489 e. The fraction of sp³-hybridized carbons (Fsp3) is 0.405. The molecule has 1 atom stereocenters. The van der Waals surface area contributed by atoms with E-state index >= 15 is 0 Å². The van der Waals surface area contributed by atoms with Crippen molar-refractivity contribution in [3.05, 3.63) is 87.2 Å². The van der Waals surface area contributed by atoms with Crippen molar-refractivity contribution >= 4 is 63.5 Å². The van der Waals surface area contributed by atoms with Crippen molar-refractivity contribution in [2.24, 2.45) is 32.7 Å². The van der Waals surface area contributed by atoms with E-state index in [0.717, 1.165) is 36.3 Å². The minimum absolute atomic E-state index is 0.130. The van der Waals surface area contributed by atoms with Gasteiger partial charge in [-0.1, -0.05) is 44.5 Å². The minimum atomic E-state index is -0.882. The molecule has 7 rings (SSSR count). The van der Waals surface area contributed by atoms with E-state index in [2.05, 4.69) is 69.7 Å². The van der Waals surface area contributed by atoms with Crippen molar-refractivity contribution in [2.75, 3.05) is 18.0 Å². The summed E-state index contributed by atoms with van der Waals surface area (Å²) in [5, 5.41) is 27.5. The Kier molecular flexibility index (Phi) is 11.1. The number of anilines is 1. The molecule has 4 aromatic rings. The molecule has 4 N–H and O–H groups in total. The number of nitrogens with one attached hydrogen (secondary N) is 2. The number of carbonyl (C=O) groups excluding carboxylic acids is 3. The lowest BCUT2D eigenvalue weighted by Crippen LogP contribution is -2.74. The number of carbonyl (C=O) groups is 3. The lowest BCUT2D eigenvalue weighted by molar-refractivity contribution is -0.164. The molecule has 0 spiro atoms. The molecular formula is C42H45ClN10O5. The second-order valence-electron chi connectivity index (χ2n) is 16.4. The number of aromatic nitrogens is 3. The molecule has 3 amide bonds. The zero-order valence-electron chi connectivity index (χ0n) is 32.7. The van der Waals surface area contributed by atoms with Crippen molar-refractivity contribution in [3.63, 3.8) is 0 Å². The van der Waals surface area contributed by atoms with Crippen LogP contribution in [0.25, 0.3) is 10.9 Å². The van der Waals surface area contributed by atoms with Crippen molar-refractivity contribution < 1.29 is 19.1 Å². The molecule has 3 aromatic carbocycles. The number of aliphatic imine (C=N–C) groups is 1. The lowest BCUT2D eigenvalue weighted by atomic mass is 9.49. The third-order valence-electron chi connectivity index (χ3n) is 11.7. The average Bonchev–Trinajstić information content (AvgIpc) is 3.21. The van der Waals surface area contributed by atoms with E-state index in [-0.39, 0.29) is 36.8 Å². The molecule has 3 heterocycles. The van der Waals surface area contributed by atoms with Gasteiger partial charge < -0.3 is 20.8 Å². The number of hydrogen-bond donors (Lipinski definition) is 3.